The van der Waals surface area contributed by atoms with Gasteiger partial charge in [-0.2, -0.15) is 5.10 Å². The molecule has 2 aromatic rings. The molecule has 0 amide bonds. The first kappa shape index (κ1) is 12.1. The fourth-order valence-corrected chi connectivity index (χ4v) is 1.37. The number of aryl methyl sites for hydroxylation is 1. The Labute approximate surface area is 104 Å². The van der Waals surface area contributed by atoms with Crippen molar-refractivity contribution in [3.05, 3.63) is 42.5 Å². The molecule has 0 radical (unpaired) electrons. The Kier molecular flexibility index (Phi) is 3.90. The van der Waals surface area contributed by atoms with Crippen LogP contribution in [0.3, 0.4) is 0 Å². The minimum atomic E-state index is -0.412. The highest BCUT2D eigenvalue weighted by Gasteiger charge is 2.10. The second kappa shape index (κ2) is 5.81. The van der Waals surface area contributed by atoms with Gasteiger partial charge in [-0.15, -0.1) is 0 Å². The second-order valence-electron chi connectivity index (χ2n) is 3.51. The number of pyridine rings is 1. The number of carbonyl (C=O) groups is 1. The summed E-state index contributed by atoms with van der Waals surface area (Å²) in [5.41, 5.74) is 0.413. The van der Waals surface area contributed by atoms with E-state index in [1.165, 1.54) is 4.68 Å². The van der Waals surface area contributed by atoms with Crippen molar-refractivity contribution < 1.29 is 14.3 Å². The van der Waals surface area contributed by atoms with E-state index >= 15 is 0 Å². The highest BCUT2D eigenvalue weighted by Crippen LogP contribution is 2.05. The van der Waals surface area contributed by atoms with Crippen LogP contribution in [0.1, 0.15) is 10.5 Å². The van der Waals surface area contributed by atoms with Crippen molar-refractivity contribution in [2.45, 2.75) is 0 Å². The van der Waals surface area contributed by atoms with Crippen molar-refractivity contribution in [1.29, 1.82) is 0 Å². The van der Waals surface area contributed by atoms with Crippen LogP contribution in [0.4, 0.5) is 0 Å². The molecule has 0 unspecified atom stereocenters. The van der Waals surface area contributed by atoms with Gasteiger partial charge in [0.2, 0.25) is 0 Å². The molecule has 2 aromatic heterocycles. The van der Waals surface area contributed by atoms with Crippen LogP contribution in [-0.2, 0) is 11.8 Å². The van der Waals surface area contributed by atoms with E-state index in [0.29, 0.717) is 11.4 Å². The molecule has 0 bridgehead atoms. The molecule has 0 fully saturated rings. The van der Waals surface area contributed by atoms with Gasteiger partial charge in [-0.05, 0) is 18.2 Å². The molecule has 2 rings (SSSR count). The molecule has 0 saturated heterocycles. The van der Waals surface area contributed by atoms with Gasteiger partial charge in [-0.1, -0.05) is 0 Å². The lowest BCUT2D eigenvalue weighted by atomic mass is 10.4. The third-order valence-electron chi connectivity index (χ3n) is 2.25. The lowest BCUT2D eigenvalue weighted by Crippen LogP contribution is -2.15. The molecule has 0 aliphatic rings. The molecule has 0 aliphatic heterocycles. The van der Waals surface area contributed by atoms with Crippen molar-refractivity contribution in [3.63, 3.8) is 0 Å². The predicted octanol–water partition coefficient (Wildman–Crippen LogP) is 1.05. The average molecular weight is 247 g/mol. The quantitative estimate of drug-likeness (QED) is 0.583. The van der Waals surface area contributed by atoms with Crippen LogP contribution in [0.2, 0.25) is 0 Å². The number of hydrogen-bond donors (Lipinski definition) is 0. The highest BCUT2D eigenvalue weighted by atomic mass is 16.6. The first-order valence-electron chi connectivity index (χ1n) is 5.45. The Morgan fingerprint density at radius 2 is 2.22 bits per heavy atom. The van der Waals surface area contributed by atoms with Crippen LogP contribution in [0.15, 0.2) is 36.8 Å². The van der Waals surface area contributed by atoms with Crippen LogP contribution in [0, 0.1) is 0 Å². The molecule has 0 N–H and O–H groups in total. The number of nitrogens with zero attached hydrogens (tertiary/aromatic N) is 3. The second-order valence-corrected chi connectivity index (χ2v) is 3.51. The number of esters is 1. The molecule has 6 nitrogen and oxygen atoms in total. The first-order valence-corrected chi connectivity index (χ1v) is 5.45. The third kappa shape index (κ3) is 3.07. The summed E-state index contributed by atoms with van der Waals surface area (Å²) < 4.78 is 11.8. The Morgan fingerprint density at radius 1 is 1.33 bits per heavy atom. The molecule has 0 aromatic carbocycles. The van der Waals surface area contributed by atoms with E-state index in [4.69, 9.17) is 9.47 Å². The predicted molar refractivity (Wildman–Crippen MR) is 63.2 cm³/mol. The molecule has 94 valence electrons. The monoisotopic (exact) mass is 247 g/mol. The summed E-state index contributed by atoms with van der Waals surface area (Å²) in [5.74, 6) is 0.235. The molecule has 0 spiro atoms. The maximum absolute atomic E-state index is 11.6. The molecule has 18 heavy (non-hydrogen) atoms. The highest BCUT2D eigenvalue weighted by molar-refractivity contribution is 5.87. The van der Waals surface area contributed by atoms with Crippen molar-refractivity contribution in [1.82, 2.24) is 14.8 Å². The molecule has 6 heteroatoms. The summed E-state index contributed by atoms with van der Waals surface area (Å²) in [6.07, 6.45) is 4.81. The van der Waals surface area contributed by atoms with Crippen molar-refractivity contribution >= 4 is 5.97 Å². The summed E-state index contributed by atoms with van der Waals surface area (Å²) in [5, 5.41) is 3.89. The third-order valence-corrected chi connectivity index (χ3v) is 2.25. The maximum Gasteiger partial charge on any atom is 0.356 e. The minimum absolute atomic E-state index is 0.179. The lowest BCUT2D eigenvalue weighted by Gasteiger charge is -2.06. The minimum Gasteiger partial charge on any atom is -0.488 e. The van der Waals surface area contributed by atoms with E-state index in [9.17, 15) is 4.79 Å². The summed E-state index contributed by atoms with van der Waals surface area (Å²) >= 11 is 0. The summed E-state index contributed by atoms with van der Waals surface area (Å²) in [6.45, 7) is 0.466. The van der Waals surface area contributed by atoms with Crippen molar-refractivity contribution in [2.24, 2.45) is 7.05 Å². The van der Waals surface area contributed by atoms with Gasteiger partial charge in [0.1, 0.15) is 24.7 Å². The summed E-state index contributed by atoms with van der Waals surface area (Å²) in [4.78, 5) is 15.5. The van der Waals surface area contributed by atoms with Gasteiger partial charge in [0.05, 0.1) is 6.20 Å². The van der Waals surface area contributed by atoms with E-state index in [0.717, 1.165) is 0 Å². The van der Waals surface area contributed by atoms with Crippen LogP contribution in [0.5, 0.6) is 5.75 Å². The first-order chi connectivity index (χ1) is 8.77. The zero-order chi connectivity index (χ0) is 12.8. The van der Waals surface area contributed by atoms with Crippen molar-refractivity contribution in [3.8, 4) is 5.75 Å². The summed E-state index contributed by atoms with van der Waals surface area (Å²) in [7, 11) is 1.68. The number of ether oxygens (including phenoxy) is 2. The fourth-order valence-electron chi connectivity index (χ4n) is 1.37. The van der Waals surface area contributed by atoms with E-state index in [1.807, 2.05) is 0 Å². The Balaban J connectivity index is 1.73. The molecule has 0 atom stereocenters. The molecule has 2 heterocycles. The molecular weight excluding hydrogens is 234 g/mol. The Bertz CT molecular complexity index is 510. The van der Waals surface area contributed by atoms with E-state index in [1.54, 1.807) is 43.8 Å². The number of aromatic nitrogens is 3. The maximum atomic E-state index is 11.6. The van der Waals surface area contributed by atoms with Crippen LogP contribution in [0.25, 0.3) is 0 Å². The zero-order valence-corrected chi connectivity index (χ0v) is 9.94. The van der Waals surface area contributed by atoms with Crippen molar-refractivity contribution in [2.75, 3.05) is 13.2 Å². The van der Waals surface area contributed by atoms with Gasteiger partial charge in [0.15, 0.2) is 0 Å². The molecular formula is C12H13N3O3. The van der Waals surface area contributed by atoms with Gasteiger partial charge in [0.25, 0.3) is 0 Å². The van der Waals surface area contributed by atoms with E-state index in [2.05, 4.69) is 10.1 Å². The number of hydrogen-bond acceptors (Lipinski definition) is 5. The largest absolute Gasteiger partial charge is 0.488 e. The SMILES string of the molecule is Cn1nccc1C(=O)OCCOc1cccnc1. The number of rotatable bonds is 5. The van der Waals surface area contributed by atoms with E-state index < -0.39 is 5.97 Å². The Hall–Kier alpha value is -2.37. The zero-order valence-electron chi connectivity index (χ0n) is 9.94. The van der Waals surface area contributed by atoms with E-state index in [-0.39, 0.29) is 13.2 Å². The van der Waals surface area contributed by atoms with Gasteiger partial charge in [-0.3, -0.25) is 9.67 Å². The number of carbonyl (C=O) groups excluding carboxylic acids is 1. The van der Waals surface area contributed by atoms with Crippen LogP contribution < -0.4 is 4.74 Å². The summed E-state index contributed by atoms with van der Waals surface area (Å²) in [6, 6.07) is 5.16. The van der Waals surface area contributed by atoms with Crippen LogP contribution >= 0.6 is 0 Å². The van der Waals surface area contributed by atoms with Gasteiger partial charge >= 0.3 is 5.97 Å². The molecule has 0 aliphatic carbocycles. The fraction of sp³-hybridized carbons (Fsp3) is 0.250. The average Bonchev–Trinajstić information content (AvgIpc) is 2.82. The molecule has 0 saturated carbocycles. The Morgan fingerprint density at radius 3 is 2.89 bits per heavy atom. The standard InChI is InChI=1S/C12H13N3O3/c1-15-11(4-6-14-15)12(16)18-8-7-17-10-3-2-5-13-9-10/h2-6,9H,7-8H2,1H3. The topological polar surface area (TPSA) is 66.2 Å². The smallest absolute Gasteiger partial charge is 0.356 e. The van der Waals surface area contributed by atoms with Gasteiger partial charge in [-0.25, -0.2) is 4.79 Å². The van der Waals surface area contributed by atoms with Crippen LogP contribution in [-0.4, -0.2) is 33.9 Å². The van der Waals surface area contributed by atoms with Gasteiger partial charge < -0.3 is 9.47 Å². The normalized spacial score (nSPS) is 10.1. The van der Waals surface area contributed by atoms with Gasteiger partial charge in [0, 0.05) is 19.4 Å². The lowest BCUT2D eigenvalue weighted by molar-refractivity contribution is 0.0438.